The van der Waals surface area contributed by atoms with Gasteiger partial charge in [-0.3, -0.25) is 4.68 Å². The summed E-state index contributed by atoms with van der Waals surface area (Å²) in [7, 11) is 0. The average Bonchev–Trinajstić information content (AvgIpc) is 2.69. The fourth-order valence-corrected chi connectivity index (χ4v) is 2.19. The first kappa shape index (κ1) is 10.6. The van der Waals surface area contributed by atoms with Crippen molar-refractivity contribution in [3.63, 3.8) is 0 Å². The Morgan fingerprint density at radius 2 is 2.07 bits per heavy atom. The molecule has 0 bridgehead atoms. The minimum Gasteiger partial charge on any atom is -0.378 e. The molecule has 1 aromatic heterocycles. The molecule has 1 aliphatic rings. The van der Waals surface area contributed by atoms with Crippen LogP contribution in [-0.2, 0) is 4.74 Å². The molecule has 0 aromatic carbocycles. The van der Waals surface area contributed by atoms with Gasteiger partial charge in [0.1, 0.15) is 0 Å². The van der Waals surface area contributed by atoms with Gasteiger partial charge in [-0.25, -0.2) is 0 Å². The first-order valence-electron chi connectivity index (χ1n) is 5.65. The van der Waals surface area contributed by atoms with E-state index in [0.717, 1.165) is 13.0 Å². The molecule has 0 saturated heterocycles. The Morgan fingerprint density at radius 1 is 1.40 bits per heavy atom. The lowest BCUT2D eigenvalue weighted by Crippen LogP contribution is -2.59. The minimum atomic E-state index is 0.222. The first-order chi connectivity index (χ1) is 7.14. The van der Waals surface area contributed by atoms with Gasteiger partial charge in [-0.05, 0) is 25.5 Å². The molecule has 1 N–H and O–H groups in total. The van der Waals surface area contributed by atoms with Gasteiger partial charge in [0.25, 0.3) is 0 Å². The highest BCUT2D eigenvalue weighted by atomic mass is 16.5. The van der Waals surface area contributed by atoms with E-state index in [4.69, 9.17) is 4.74 Å². The summed E-state index contributed by atoms with van der Waals surface area (Å²) in [5.74, 6) is 0. The second-order valence-electron chi connectivity index (χ2n) is 4.77. The summed E-state index contributed by atoms with van der Waals surface area (Å²) in [4.78, 5) is 0. The summed E-state index contributed by atoms with van der Waals surface area (Å²) >= 11 is 0. The van der Waals surface area contributed by atoms with Gasteiger partial charge < -0.3 is 10.2 Å². The fraction of sp³-hybridized carbons (Fsp3) is 0.667. The Bertz CT molecular complexity index is 305. The summed E-state index contributed by atoms with van der Waals surface area (Å²) in [5.41, 5.74) is 3.70. The Hall–Kier alpha value is -0.960. The van der Waals surface area contributed by atoms with Crippen LogP contribution in [0.5, 0.6) is 0 Å². The molecule has 1 saturated carbocycles. The second kappa shape index (κ2) is 3.89. The lowest BCUT2D eigenvalue weighted by molar-refractivity contribution is -0.100. The standard InChI is InChI=1S/C12H20N2O/c1-4-15-11-9-10(12(11,2)3)13-14-7-5-6-8-14/h5-8,10-11,13H,4,9H2,1-3H3. The van der Waals surface area contributed by atoms with E-state index in [9.17, 15) is 0 Å². The molecule has 84 valence electrons. The van der Waals surface area contributed by atoms with Crippen molar-refractivity contribution in [1.82, 2.24) is 4.68 Å². The third-order valence-electron chi connectivity index (χ3n) is 3.45. The van der Waals surface area contributed by atoms with Gasteiger partial charge in [-0.15, -0.1) is 0 Å². The van der Waals surface area contributed by atoms with Crippen LogP contribution in [0.25, 0.3) is 0 Å². The van der Waals surface area contributed by atoms with Crippen molar-refractivity contribution in [2.45, 2.75) is 39.3 Å². The molecule has 1 heterocycles. The summed E-state index contributed by atoms with van der Waals surface area (Å²) in [6, 6.07) is 4.55. The van der Waals surface area contributed by atoms with Crippen LogP contribution in [0.15, 0.2) is 24.5 Å². The quantitative estimate of drug-likeness (QED) is 0.821. The normalized spacial score (nSPS) is 28.5. The lowest BCUT2D eigenvalue weighted by atomic mass is 9.65. The number of rotatable bonds is 4. The predicted octanol–water partition coefficient (Wildman–Crippen LogP) is 2.24. The fourth-order valence-electron chi connectivity index (χ4n) is 2.19. The van der Waals surface area contributed by atoms with Crippen molar-refractivity contribution in [2.75, 3.05) is 12.0 Å². The average molecular weight is 208 g/mol. The smallest absolute Gasteiger partial charge is 0.0666 e. The Morgan fingerprint density at radius 3 is 2.60 bits per heavy atom. The third-order valence-corrected chi connectivity index (χ3v) is 3.45. The molecule has 1 aromatic rings. The summed E-state index contributed by atoms with van der Waals surface area (Å²) < 4.78 is 7.72. The number of hydrogen-bond acceptors (Lipinski definition) is 2. The molecule has 0 amide bonds. The predicted molar refractivity (Wildman–Crippen MR) is 61.4 cm³/mol. The van der Waals surface area contributed by atoms with E-state index in [-0.39, 0.29) is 5.41 Å². The van der Waals surface area contributed by atoms with Crippen LogP contribution in [0.4, 0.5) is 0 Å². The maximum absolute atomic E-state index is 5.69. The van der Waals surface area contributed by atoms with Crippen molar-refractivity contribution < 1.29 is 4.74 Å². The lowest BCUT2D eigenvalue weighted by Gasteiger charge is -2.51. The number of ether oxygens (including phenoxy) is 1. The number of nitrogens with one attached hydrogen (secondary N) is 1. The molecule has 2 unspecified atom stereocenters. The van der Waals surface area contributed by atoms with E-state index in [0.29, 0.717) is 12.1 Å². The molecule has 1 aliphatic carbocycles. The molecule has 0 spiro atoms. The number of hydrogen-bond donors (Lipinski definition) is 1. The molecule has 15 heavy (non-hydrogen) atoms. The van der Waals surface area contributed by atoms with Crippen LogP contribution in [0, 0.1) is 5.41 Å². The maximum atomic E-state index is 5.69. The molecule has 3 heteroatoms. The van der Waals surface area contributed by atoms with Gasteiger partial charge in [0.05, 0.1) is 12.1 Å². The number of nitrogens with zero attached hydrogens (tertiary/aromatic N) is 1. The molecule has 0 radical (unpaired) electrons. The van der Waals surface area contributed by atoms with Gasteiger partial charge in [0.15, 0.2) is 0 Å². The SMILES string of the molecule is CCOC1CC(Nn2cccc2)C1(C)C. The largest absolute Gasteiger partial charge is 0.378 e. The molecule has 2 atom stereocenters. The Labute approximate surface area is 91.4 Å². The summed E-state index contributed by atoms with van der Waals surface area (Å²) in [5, 5.41) is 0. The van der Waals surface area contributed by atoms with Gasteiger partial charge in [0.2, 0.25) is 0 Å². The van der Waals surface area contributed by atoms with E-state index in [1.807, 2.05) is 29.2 Å². The first-order valence-corrected chi connectivity index (χ1v) is 5.65. The van der Waals surface area contributed by atoms with Crippen molar-refractivity contribution in [3.05, 3.63) is 24.5 Å². The summed E-state index contributed by atoms with van der Waals surface area (Å²) in [6.45, 7) is 7.39. The zero-order chi connectivity index (χ0) is 10.9. The highest BCUT2D eigenvalue weighted by Crippen LogP contribution is 2.43. The Kier molecular flexibility index (Phi) is 2.74. The van der Waals surface area contributed by atoms with E-state index in [1.54, 1.807) is 0 Å². The van der Waals surface area contributed by atoms with E-state index < -0.39 is 0 Å². The van der Waals surface area contributed by atoms with E-state index in [1.165, 1.54) is 0 Å². The van der Waals surface area contributed by atoms with Gasteiger partial charge in [-0.2, -0.15) is 0 Å². The second-order valence-corrected chi connectivity index (χ2v) is 4.77. The highest BCUT2D eigenvalue weighted by molar-refractivity contribution is 5.09. The van der Waals surface area contributed by atoms with Crippen LogP contribution in [0.2, 0.25) is 0 Å². The van der Waals surface area contributed by atoms with Gasteiger partial charge >= 0.3 is 0 Å². The monoisotopic (exact) mass is 208 g/mol. The van der Waals surface area contributed by atoms with Crippen molar-refractivity contribution in [3.8, 4) is 0 Å². The van der Waals surface area contributed by atoms with Crippen LogP contribution in [-0.4, -0.2) is 23.4 Å². The van der Waals surface area contributed by atoms with Gasteiger partial charge in [0, 0.05) is 24.4 Å². The molecule has 3 nitrogen and oxygen atoms in total. The maximum Gasteiger partial charge on any atom is 0.0666 e. The highest BCUT2D eigenvalue weighted by Gasteiger charge is 2.49. The zero-order valence-electron chi connectivity index (χ0n) is 9.73. The van der Waals surface area contributed by atoms with Crippen LogP contribution in [0.3, 0.4) is 0 Å². The topological polar surface area (TPSA) is 26.2 Å². The van der Waals surface area contributed by atoms with Crippen LogP contribution < -0.4 is 5.43 Å². The molecular formula is C12H20N2O. The molecular weight excluding hydrogens is 188 g/mol. The van der Waals surface area contributed by atoms with E-state index in [2.05, 4.69) is 26.2 Å². The van der Waals surface area contributed by atoms with E-state index >= 15 is 0 Å². The van der Waals surface area contributed by atoms with Crippen molar-refractivity contribution >= 4 is 0 Å². The number of aromatic nitrogens is 1. The van der Waals surface area contributed by atoms with Crippen LogP contribution >= 0.6 is 0 Å². The van der Waals surface area contributed by atoms with Crippen LogP contribution in [0.1, 0.15) is 27.2 Å². The third kappa shape index (κ3) is 1.88. The Balaban J connectivity index is 1.92. The van der Waals surface area contributed by atoms with Gasteiger partial charge in [-0.1, -0.05) is 13.8 Å². The molecule has 0 aliphatic heterocycles. The zero-order valence-corrected chi connectivity index (χ0v) is 9.73. The summed E-state index contributed by atoms with van der Waals surface area (Å²) in [6.07, 6.45) is 5.56. The van der Waals surface area contributed by atoms with Crippen molar-refractivity contribution in [1.29, 1.82) is 0 Å². The molecule has 1 fully saturated rings. The molecule has 2 rings (SSSR count). The van der Waals surface area contributed by atoms with Crippen molar-refractivity contribution in [2.24, 2.45) is 5.41 Å². The minimum absolute atomic E-state index is 0.222.